The molecule has 1 aromatic heterocycles. The molecule has 1 saturated carbocycles. The van der Waals surface area contributed by atoms with Gasteiger partial charge in [-0.25, -0.2) is 13.8 Å². The first kappa shape index (κ1) is 13.8. The van der Waals surface area contributed by atoms with Gasteiger partial charge in [0.2, 0.25) is 0 Å². The monoisotopic (exact) mass is 276 g/mol. The van der Waals surface area contributed by atoms with Crippen LogP contribution in [0.3, 0.4) is 0 Å². The predicted molar refractivity (Wildman–Crippen MR) is 67.2 cm³/mol. The van der Waals surface area contributed by atoms with Crippen LogP contribution in [0.4, 0.5) is 8.78 Å². The summed E-state index contributed by atoms with van der Waals surface area (Å²) in [5.74, 6) is 0. The zero-order chi connectivity index (χ0) is 13.0. The summed E-state index contributed by atoms with van der Waals surface area (Å²) in [7, 11) is 0. The van der Waals surface area contributed by atoms with Crippen LogP contribution in [0.25, 0.3) is 0 Å². The van der Waals surface area contributed by atoms with Gasteiger partial charge in [-0.3, -0.25) is 0 Å². The summed E-state index contributed by atoms with van der Waals surface area (Å²) in [5.41, 5.74) is 1.04. The van der Waals surface area contributed by atoms with Crippen molar-refractivity contribution in [1.82, 2.24) is 10.3 Å². The Morgan fingerprint density at radius 1 is 1.50 bits per heavy atom. The van der Waals surface area contributed by atoms with E-state index in [9.17, 15) is 8.78 Å². The number of aromatic nitrogens is 1. The van der Waals surface area contributed by atoms with Crippen molar-refractivity contribution in [2.45, 2.75) is 45.2 Å². The number of halogens is 2. The zero-order valence-electron chi connectivity index (χ0n) is 10.4. The number of hydrogen-bond donors (Lipinski definition) is 1. The first-order valence-electron chi connectivity index (χ1n) is 6.19. The molecule has 1 fully saturated rings. The topological polar surface area (TPSA) is 34.1 Å². The molecule has 0 saturated heterocycles. The molecule has 1 N–H and O–H groups in total. The van der Waals surface area contributed by atoms with E-state index in [4.69, 9.17) is 4.74 Å². The van der Waals surface area contributed by atoms with Crippen LogP contribution in [-0.2, 0) is 17.7 Å². The van der Waals surface area contributed by atoms with Crippen molar-refractivity contribution < 1.29 is 13.5 Å². The van der Waals surface area contributed by atoms with Gasteiger partial charge in [-0.2, -0.15) is 0 Å². The van der Waals surface area contributed by atoms with Crippen LogP contribution < -0.4 is 5.32 Å². The van der Waals surface area contributed by atoms with Crippen LogP contribution in [0.1, 0.15) is 28.4 Å². The van der Waals surface area contributed by atoms with E-state index in [1.165, 1.54) is 17.7 Å². The zero-order valence-corrected chi connectivity index (χ0v) is 11.2. The molecule has 0 aromatic carbocycles. The number of thiazole rings is 1. The van der Waals surface area contributed by atoms with E-state index < -0.39 is 13.0 Å². The molecule has 18 heavy (non-hydrogen) atoms. The van der Waals surface area contributed by atoms with E-state index in [2.05, 4.69) is 10.3 Å². The molecular weight excluding hydrogens is 258 g/mol. The van der Waals surface area contributed by atoms with Gasteiger partial charge in [0.05, 0.1) is 17.3 Å². The van der Waals surface area contributed by atoms with Crippen molar-refractivity contribution >= 4 is 11.3 Å². The Morgan fingerprint density at radius 2 is 2.28 bits per heavy atom. The highest BCUT2D eigenvalue weighted by molar-refractivity contribution is 7.11. The van der Waals surface area contributed by atoms with Crippen molar-refractivity contribution in [3.8, 4) is 0 Å². The summed E-state index contributed by atoms with van der Waals surface area (Å²) < 4.78 is 28.6. The van der Waals surface area contributed by atoms with Gasteiger partial charge in [-0.15, -0.1) is 11.3 Å². The molecule has 6 heteroatoms. The third kappa shape index (κ3) is 4.59. The Balaban J connectivity index is 1.72. The molecular formula is C12H18F2N2OS. The van der Waals surface area contributed by atoms with E-state index in [0.29, 0.717) is 19.1 Å². The van der Waals surface area contributed by atoms with E-state index >= 15 is 0 Å². The minimum atomic E-state index is -2.39. The lowest BCUT2D eigenvalue weighted by molar-refractivity contribution is 0.0187. The first-order valence-corrected chi connectivity index (χ1v) is 7.01. The maximum atomic E-state index is 11.9. The van der Waals surface area contributed by atoms with Crippen molar-refractivity contribution in [1.29, 1.82) is 0 Å². The number of hydrogen-bond acceptors (Lipinski definition) is 4. The second-order valence-electron chi connectivity index (χ2n) is 4.49. The minimum absolute atomic E-state index is 0.312. The van der Waals surface area contributed by atoms with Gasteiger partial charge >= 0.3 is 0 Å². The maximum Gasteiger partial charge on any atom is 0.261 e. The summed E-state index contributed by atoms with van der Waals surface area (Å²) in [4.78, 5) is 5.68. The highest BCUT2D eigenvalue weighted by Crippen LogP contribution is 2.22. The molecule has 3 nitrogen and oxygen atoms in total. The lowest BCUT2D eigenvalue weighted by Crippen LogP contribution is -2.14. The third-order valence-corrected chi connectivity index (χ3v) is 3.99. The average molecular weight is 276 g/mol. The van der Waals surface area contributed by atoms with Crippen molar-refractivity contribution in [2.24, 2.45) is 0 Å². The largest absolute Gasteiger partial charge is 0.375 e. The Labute approximate surface area is 110 Å². The number of nitrogens with one attached hydrogen (secondary N) is 1. The lowest BCUT2D eigenvalue weighted by atomic mass is 10.4. The summed E-state index contributed by atoms with van der Waals surface area (Å²) in [6.45, 7) is 2.68. The average Bonchev–Trinajstić information content (AvgIpc) is 3.07. The van der Waals surface area contributed by atoms with Gasteiger partial charge in [-0.05, 0) is 19.8 Å². The Morgan fingerprint density at radius 3 is 2.94 bits per heavy atom. The van der Waals surface area contributed by atoms with Gasteiger partial charge < -0.3 is 10.1 Å². The van der Waals surface area contributed by atoms with Crippen molar-refractivity contribution in [3.05, 3.63) is 15.6 Å². The van der Waals surface area contributed by atoms with Gasteiger partial charge in [0.25, 0.3) is 6.43 Å². The minimum Gasteiger partial charge on any atom is -0.375 e. The van der Waals surface area contributed by atoms with E-state index in [1.807, 2.05) is 6.92 Å². The second-order valence-corrected chi connectivity index (χ2v) is 5.66. The molecule has 0 aliphatic heterocycles. The molecule has 0 unspecified atom stereocenters. The summed E-state index contributed by atoms with van der Waals surface area (Å²) >= 11 is 1.65. The Bertz CT molecular complexity index is 380. The molecule has 0 spiro atoms. The molecule has 0 bridgehead atoms. The van der Waals surface area contributed by atoms with Gasteiger partial charge in [0, 0.05) is 23.9 Å². The molecule has 1 aliphatic rings. The van der Waals surface area contributed by atoms with Crippen molar-refractivity contribution in [3.63, 3.8) is 0 Å². The van der Waals surface area contributed by atoms with Crippen LogP contribution in [0.2, 0.25) is 0 Å². The highest BCUT2D eigenvalue weighted by Gasteiger charge is 2.21. The third-order valence-electron chi connectivity index (χ3n) is 2.77. The smallest absolute Gasteiger partial charge is 0.261 e. The van der Waals surface area contributed by atoms with Crippen LogP contribution in [0.5, 0.6) is 0 Å². The summed E-state index contributed by atoms with van der Waals surface area (Å²) in [6, 6.07) is 0.685. The number of alkyl halides is 2. The fourth-order valence-corrected chi connectivity index (χ4v) is 2.62. The molecule has 2 rings (SSSR count). The van der Waals surface area contributed by atoms with Gasteiger partial charge in [-0.1, -0.05) is 0 Å². The Kier molecular flexibility index (Phi) is 5.03. The van der Waals surface area contributed by atoms with Gasteiger partial charge in [0.15, 0.2) is 0 Å². The highest BCUT2D eigenvalue weighted by atomic mass is 32.1. The summed E-state index contributed by atoms with van der Waals surface area (Å²) in [5, 5.41) is 4.42. The standard InChI is InChI=1S/C12H18F2N2OS/c1-8-10(6-15-9-2-3-9)18-12(16-8)4-5-17-7-11(13)14/h9,11,15H,2-7H2,1H3. The predicted octanol–water partition coefficient (Wildman–Crippen LogP) is 2.53. The number of aryl methyl sites for hydroxylation is 1. The molecule has 0 atom stereocenters. The molecule has 102 valence electrons. The van der Waals surface area contributed by atoms with Crippen molar-refractivity contribution in [2.75, 3.05) is 13.2 Å². The first-order chi connectivity index (χ1) is 8.65. The normalized spacial score (nSPS) is 15.6. The van der Waals surface area contributed by atoms with Crippen LogP contribution in [-0.4, -0.2) is 30.7 Å². The van der Waals surface area contributed by atoms with E-state index in [-0.39, 0.29) is 0 Å². The molecule has 0 radical (unpaired) electrons. The molecule has 1 aliphatic carbocycles. The maximum absolute atomic E-state index is 11.9. The summed E-state index contributed by atoms with van der Waals surface area (Å²) in [6.07, 6.45) is 0.765. The quantitative estimate of drug-likeness (QED) is 0.741. The SMILES string of the molecule is Cc1nc(CCOCC(F)F)sc1CNC1CC1. The Hall–Kier alpha value is -0.590. The number of rotatable bonds is 8. The van der Waals surface area contributed by atoms with E-state index in [0.717, 1.165) is 17.2 Å². The number of ether oxygens (including phenoxy) is 1. The fraction of sp³-hybridized carbons (Fsp3) is 0.750. The van der Waals surface area contributed by atoms with Crippen LogP contribution in [0.15, 0.2) is 0 Å². The van der Waals surface area contributed by atoms with E-state index in [1.54, 1.807) is 11.3 Å². The van der Waals surface area contributed by atoms with Gasteiger partial charge in [0.1, 0.15) is 6.61 Å². The second kappa shape index (κ2) is 6.54. The molecule has 1 aromatic rings. The molecule has 1 heterocycles. The fourth-order valence-electron chi connectivity index (χ4n) is 1.62. The lowest BCUT2D eigenvalue weighted by Gasteiger charge is -2.00. The van der Waals surface area contributed by atoms with Crippen LogP contribution >= 0.6 is 11.3 Å². The number of nitrogens with zero attached hydrogens (tertiary/aromatic N) is 1. The van der Waals surface area contributed by atoms with Crippen LogP contribution in [0, 0.1) is 6.92 Å². The molecule has 0 amide bonds.